The smallest absolute Gasteiger partial charge is 0.243 e. The summed E-state index contributed by atoms with van der Waals surface area (Å²) >= 11 is 6.06. The maximum atomic E-state index is 14.0. The van der Waals surface area contributed by atoms with Gasteiger partial charge in [0.2, 0.25) is 15.9 Å². The van der Waals surface area contributed by atoms with Crippen molar-refractivity contribution in [1.82, 2.24) is 14.1 Å². The topological polar surface area (TPSA) is 86.9 Å². The molecule has 35 heavy (non-hydrogen) atoms. The molecule has 6 rings (SSSR count). The van der Waals surface area contributed by atoms with Gasteiger partial charge in [0.1, 0.15) is 0 Å². The van der Waals surface area contributed by atoms with Crippen molar-refractivity contribution in [3.8, 4) is 0 Å². The van der Waals surface area contributed by atoms with Crippen molar-refractivity contribution in [3.05, 3.63) is 29.3 Å². The van der Waals surface area contributed by atoms with Gasteiger partial charge in [-0.05, 0) is 87.0 Å². The fraction of sp³-hybridized carbons (Fsp3) is 0.731. The number of fused-ring (bicyclic) bond motifs is 1. The lowest BCUT2D eigenvalue weighted by Crippen LogP contribution is -2.65. The van der Waals surface area contributed by atoms with Crippen LogP contribution >= 0.6 is 11.6 Å². The van der Waals surface area contributed by atoms with Gasteiger partial charge in [-0.25, -0.2) is 8.42 Å². The molecule has 1 amide bonds. The van der Waals surface area contributed by atoms with E-state index in [1.807, 2.05) is 9.21 Å². The number of amides is 1. The second-order valence-corrected chi connectivity index (χ2v) is 14.0. The predicted octanol–water partition coefficient (Wildman–Crippen LogP) is 3.43. The van der Waals surface area contributed by atoms with Gasteiger partial charge in [0.15, 0.2) is 0 Å². The van der Waals surface area contributed by atoms with Crippen LogP contribution in [0.4, 0.5) is 0 Å². The number of piperidine rings is 1. The third-order valence-electron chi connectivity index (χ3n) is 9.39. The lowest BCUT2D eigenvalue weighted by atomic mass is 9.83. The maximum absolute atomic E-state index is 14.0. The minimum atomic E-state index is -3.68. The lowest BCUT2D eigenvalue weighted by molar-refractivity contribution is -0.138. The van der Waals surface area contributed by atoms with Gasteiger partial charge in [-0.1, -0.05) is 18.0 Å². The van der Waals surface area contributed by atoms with Crippen molar-refractivity contribution in [3.63, 3.8) is 0 Å². The highest BCUT2D eigenvalue weighted by atomic mass is 35.5. The summed E-state index contributed by atoms with van der Waals surface area (Å²) in [6.45, 7) is 3.16. The SMILES string of the molecule is NC12CCCN1CCN(C(=O)CC1([C@H]3CCC[C@@H](C4CC4)N3S(=O)(=O)c3ccc(Cl)cc3)CC1)C2. The number of nitrogens with two attached hydrogens (primary N) is 1. The van der Waals surface area contributed by atoms with Crippen molar-refractivity contribution in [1.29, 1.82) is 0 Å². The zero-order valence-electron chi connectivity index (χ0n) is 20.4. The van der Waals surface area contributed by atoms with Crippen LogP contribution in [0.2, 0.25) is 5.02 Å². The summed E-state index contributed by atoms with van der Waals surface area (Å²) in [4.78, 5) is 18.2. The molecule has 0 spiro atoms. The first kappa shape index (κ1) is 24.2. The van der Waals surface area contributed by atoms with Crippen LogP contribution in [0, 0.1) is 11.3 Å². The Morgan fingerprint density at radius 2 is 1.74 bits per heavy atom. The Hall–Kier alpha value is -1.19. The average Bonchev–Trinajstić information content (AvgIpc) is 3.76. The van der Waals surface area contributed by atoms with E-state index < -0.39 is 15.7 Å². The molecule has 0 bridgehead atoms. The second-order valence-electron chi connectivity index (χ2n) is 11.7. The van der Waals surface area contributed by atoms with Crippen molar-refractivity contribution in [2.24, 2.45) is 17.1 Å². The minimum absolute atomic E-state index is 0.0383. The highest BCUT2D eigenvalue weighted by Crippen LogP contribution is 2.58. The summed E-state index contributed by atoms with van der Waals surface area (Å²) < 4.78 is 30.0. The summed E-state index contributed by atoms with van der Waals surface area (Å²) in [5, 5.41) is 0.530. The number of halogens is 1. The van der Waals surface area contributed by atoms with Crippen LogP contribution < -0.4 is 5.73 Å². The highest BCUT2D eigenvalue weighted by molar-refractivity contribution is 7.89. The Bertz CT molecular complexity index is 1090. The number of carbonyl (C=O) groups excluding carboxylic acids is 1. The number of piperazine rings is 1. The van der Waals surface area contributed by atoms with Crippen molar-refractivity contribution < 1.29 is 13.2 Å². The van der Waals surface area contributed by atoms with Crippen LogP contribution in [0.15, 0.2) is 29.2 Å². The van der Waals surface area contributed by atoms with E-state index in [9.17, 15) is 13.2 Å². The van der Waals surface area contributed by atoms with Crippen molar-refractivity contribution in [2.75, 3.05) is 26.2 Å². The Labute approximate surface area is 214 Å². The fourth-order valence-electron chi connectivity index (χ4n) is 7.12. The largest absolute Gasteiger partial charge is 0.338 e. The molecule has 3 atom stereocenters. The van der Waals surface area contributed by atoms with Gasteiger partial charge in [0.25, 0.3) is 0 Å². The van der Waals surface area contributed by atoms with Crippen molar-refractivity contribution in [2.45, 2.75) is 86.9 Å². The molecular formula is C26H37ClN4O3S. The molecule has 1 aromatic rings. The number of rotatable bonds is 6. The van der Waals surface area contributed by atoms with Gasteiger partial charge in [-0.15, -0.1) is 0 Å². The summed E-state index contributed by atoms with van der Waals surface area (Å²) in [6.07, 6.45) is 9.25. The van der Waals surface area contributed by atoms with Gasteiger partial charge in [-0.2, -0.15) is 4.31 Å². The minimum Gasteiger partial charge on any atom is -0.338 e. The molecule has 9 heteroatoms. The third kappa shape index (κ3) is 4.33. The molecule has 3 saturated heterocycles. The normalized spacial score (nSPS) is 33.5. The number of carbonyl (C=O) groups is 1. The summed E-state index contributed by atoms with van der Waals surface area (Å²) in [5.74, 6) is 0.593. The van der Waals surface area contributed by atoms with E-state index in [4.69, 9.17) is 17.3 Å². The fourth-order valence-corrected chi connectivity index (χ4v) is 9.26. The van der Waals surface area contributed by atoms with E-state index in [0.29, 0.717) is 28.8 Å². The molecular weight excluding hydrogens is 484 g/mol. The van der Waals surface area contributed by atoms with E-state index in [1.165, 1.54) is 0 Å². The van der Waals surface area contributed by atoms with Crippen LogP contribution in [0.1, 0.15) is 64.2 Å². The summed E-state index contributed by atoms with van der Waals surface area (Å²) in [6, 6.07) is 6.48. The zero-order valence-corrected chi connectivity index (χ0v) is 21.9. The standard InChI is InChI=1S/C26H37ClN4O3S/c27-20-7-9-21(10-8-20)35(33,34)31-22(19-5-6-19)3-1-4-23(31)25(12-13-25)17-24(32)29-15-16-30-14-2-11-26(30,28)18-29/h7-10,19,22-23H,1-6,11-18,28H2/t22-,23+,26?/m0/s1. The van der Waals surface area contributed by atoms with Crippen molar-refractivity contribution >= 4 is 27.5 Å². The third-order valence-corrected chi connectivity index (χ3v) is 11.6. The van der Waals surface area contributed by atoms with E-state index in [2.05, 4.69) is 4.90 Å². The summed E-state index contributed by atoms with van der Waals surface area (Å²) in [7, 11) is -3.68. The van der Waals surface area contributed by atoms with Gasteiger partial charge in [-0.3, -0.25) is 9.69 Å². The number of benzene rings is 1. The average molecular weight is 521 g/mol. The molecule has 0 aromatic heterocycles. The van der Waals surface area contributed by atoms with Crippen LogP contribution in [-0.4, -0.2) is 72.4 Å². The quantitative estimate of drug-likeness (QED) is 0.621. The first-order valence-corrected chi connectivity index (χ1v) is 15.1. The van der Waals surface area contributed by atoms with E-state index >= 15 is 0 Å². The number of nitrogens with zero attached hydrogens (tertiary/aromatic N) is 3. The van der Waals surface area contributed by atoms with Gasteiger partial charge in [0, 0.05) is 43.2 Å². The summed E-state index contributed by atoms with van der Waals surface area (Å²) in [5.41, 5.74) is 6.02. The van der Waals surface area contributed by atoms with Crippen LogP contribution in [0.25, 0.3) is 0 Å². The van der Waals surface area contributed by atoms with E-state index in [0.717, 1.165) is 77.4 Å². The predicted molar refractivity (Wildman–Crippen MR) is 135 cm³/mol. The monoisotopic (exact) mass is 520 g/mol. The molecule has 2 N–H and O–H groups in total. The Balaban J connectivity index is 1.26. The number of hydrogen-bond acceptors (Lipinski definition) is 5. The number of sulfonamides is 1. The van der Waals surface area contributed by atoms with Crippen LogP contribution in [0.5, 0.6) is 0 Å². The molecule has 0 radical (unpaired) electrons. The molecule has 1 aromatic carbocycles. The van der Waals surface area contributed by atoms with Gasteiger partial charge in [0.05, 0.1) is 17.1 Å². The Morgan fingerprint density at radius 1 is 1.00 bits per heavy atom. The maximum Gasteiger partial charge on any atom is 0.243 e. The Morgan fingerprint density at radius 3 is 2.43 bits per heavy atom. The number of hydrogen-bond donors (Lipinski definition) is 1. The highest BCUT2D eigenvalue weighted by Gasteiger charge is 2.59. The van der Waals surface area contributed by atoms with Gasteiger partial charge < -0.3 is 10.6 Å². The van der Waals surface area contributed by atoms with Crippen LogP contribution in [-0.2, 0) is 14.8 Å². The molecule has 7 nitrogen and oxygen atoms in total. The van der Waals surface area contributed by atoms with E-state index in [1.54, 1.807) is 24.3 Å². The lowest BCUT2D eigenvalue weighted by Gasteiger charge is -2.47. The van der Waals surface area contributed by atoms with Gasteiger partial charge >= 0.3 is 0 Å². The first-order chi connectivity index (χ1) is 16.7. The molecule has 2 aliphatic carbocycles. The molecule has 5 aliphatic rings. The molecule has 2 saturated carbocycles. The van der Waals surface area contributed by atoms with Crippen LogP contribution in [0.3, 0.4) is 0 Å². The second kappa shape index (κ2) is 8.69. The van der Waals surface area contributed by atoms with E-state index in [-0.39, 0.29) is 23.4 Å². The zero-order chi connectivity index (χ0) is 24.4. The molecule has 3 heterocycles. The molecule has 5 fully saturated rings. The Kier molecular flexibility index (Phi) is 6.00. The first-order valence-electron chi connectivity index (χ1n) is 13.3. The molecule has 3 aliphatic heterocycles. The molecule has 192 valence electrons. The molecule has 1 unspecified atom stereocenters.